The third kappa shape index (κ3) is 4.53. The van der Waals surface area contributed by atoms with Gasteiger partial charge in [-0.1, -0.05) is 0 Å². The van der Waals surface area contributed by atoms with Gasteiger partial charge in [0.15, 0.2) is 0 Å². The first kappa shape index (κ1) is 16.9. The predicted molar refractivity (Wildman–Crippen MR) is 91.6 cm³/mol. The molecule has 1 aliphatic heterocycles. The van der Waals surface area contributed by atoms with Crippen LogP contribution in [0.1, 0.15) is 42.9 Å². The molecule has 0 bridgehead atoms. The van der Waals surface area contributed by atoms with E-state index in [1.54, 1.807) is 0 Å². The fourth-order valence-electron chi connectivity index (χ4n) is 3.94. The van der Waals surface area contributed by atoms with E-state index in [0.717, 1.165) is 52.0 Å². The smallest absolute Gasteiger partial charge is 0.0594 e. The summed E-state index contributed by atoms with van der Waals surface area (Å²) in [7, 11) is 1.98. The van der Waals surface area contributed by atoms with Gasteiger partial charge in [0.2, 0.25) is 0 Å². The van der Waals surface area contributed by atoms with E-state index < -0.39 is 0 Å². The van der Waals surface area contributed by atoms with Crippen molar-refractivity contribution < 1.29 is 4.74 Å². The number of hydrogen-bond acceptors (Lipinski definition) is 5. The maximum atomic E-state index is 5.48. The lowest BCUT2D eigenvalue weighted by Gasteiger charge is -2.38. The molecule has 2 heterocycles. The van der Waals surface area contributed by atoms with Gasteiger partial charge >= 0.3 is 0 Å². The Morgan fingerprint density at radius 1 is 1.22 bits per heavy atom. The summed E-state index contributed by atoms with van der Waals surface area (Å²) in [5.41, 5.74) is 2.71. The first-order valence-corrected chi connectivity index (χ1v) is 9.07. The van der Waals surface area contributed by atoms with Gasteiger partial charge in [-0.05, 0) is 44.2 Å². The fourth-order valence-corrected chi connectivity index (χ4v) is 3.94. The van der Waals surface area contributed by atoms with E-state index in [1.807, 2.05) is 7.05 Å². The topological polar surface area (TPSA) is 65.2 Å². The molecule has 6 heteroatoms. The van der Waals surface area contributed by atoms with Crippen LogP contribution in [-0.4, -0.2) is 67.6 Å². The van der Waals surface area contributed by atoms with Crippen LogP contribution in [0.25, 0.3) is 0 Å². The SMILES string of the molecule is CNCCNCc1[nH]ncc1C1CCC(N2CCOCC2)CC1. The number of aromatic amines is 1. The minimum atomic E-state index is 0.673. The van der Waals surface area contributed by atoms with Crippen molar-refractivity contribution in [3.63, 3.8) is 0 Å². The third-order valence-corrected chi connectivity index (χ3v) is 5.30. The van der Waals surface area contributed by atoms with Gasteiger partial charge in [0, 0.05) is 38.8 Å². The van der Waals surface area contributed by atoms with Crippen molar-refractivity contribution in [1.29, 1.82) is 0 Å². The van der Waals surface area contributed by atoms with Crippen LogP contribution < -0.4 is 10.6 Å². The lowest BCUT2D eigenvalue weighted by atomic mass is 9.81. The molecule has 0 aromatic carbocycles. The molecule has 2 fully saturated rings. The minimum absolute atomic E-state index is 0.673. The average molecular weight is 321 g/mol. The molecule has 0 atom stereocenters. The van der Waals surface area contributed by atoms with Crippen LogP contribution in [0, 0.1) is 0 Å². The second kappa shape index (κ2) is 8.78. The number of aromatic nitrogens is 2. The molecule has 23 heavy (non-hydrogen) atoms. The zero-order valence-electron chi connectivity index (χ0n) is 14.3. The Balaban J connectivity index is 1.48. The van der Waals surface area contributed by atoms with Crippen molar-refractivity contribution in [3.8, 4) is 0 Å². The van der Waals surface area contributed by atoms with Crippen LogP contribution in [0.4, 0.5) is 0 Å². The lowest BCUT2D eigenvalue weighted by Crippen LogP contribution is -2.44. The summed E-state index contributed by atoms with van der Waals surface area (Å²) in [6.45, 7) is 6.91. The molecule has 1 saturated carbocycles. The van der Waals surface area contributed by atoms with Gasteiger partial charge in [0.05, 0.1) is 25.1 Å². The molecule has 130 valence electrons. The summed E-state index contributed by atoms with van der Waals surface area (Å²) in [5.74, 6) is 0.673. The van der Waals surface area contributed by atoms with E-state index in [9.17, 15) is 0 Å². The number of rotatable bonds is 7. The third-order valence-electron chi connectivity index (χ3n) is 5.30. The van der Waals surface area contributed by atoms with Gasteiger partial charge in [-0.2, -0.15) is 5.10 Å². The van der Waals surface area contributed by atoms with Crippen molar-refractivity contribution in [2.24, 2.45) is 0 Å². The molecule has 3 N–H and O–H groups in total. The van der Waals surface area contributed by atoms with Gasteiger partial charge in [-0.15, -0.1) is 0 Å². The minimum Gasteiger partial charge on any atom is -0.379 e. The normalized spacial score (nSPS) is 26.5. The number of nitrogens with one attached hydrogen (secondary N) is 3. The molecule has 1 aromatic heterocycles. The standard InChI is InChI=1S/C17H31N5O/c1-18-6-7-19-13-17-16(12-20-21-17)14-2-4-15(5-3-14)22-8-10-23-11-9-22/h12,14-15,18-19H,2-11,13H2,1H3,(H,20,21). The Bertz CT molecular complexity index is 450. The molecule has 2 aliphatic rings. The molecule has 0 radical (unpaired) electrons. The Hall–Kier alpha value is -0.950. The Kier molecular flexibility index (Phi) is 6.45. The van der Waals surface area contributed by atoms with Crippen LogP contribution in [0.3, 0.4) is 0 Å². The first-order chi connectivity index (χ1) is 11.4. The molecular formula is C17H31N5O. The van der Waals surface area contributed by atoms with Crippen molar-refractivity contribution in [3.05, 3.63) is 17.5 Å². The predicted octanol–water partition coefficient (Wildman–Crippen LogP) is 1.08. The molecule has 0 unspecified atom stereocenters. The van der Waals surface area contributed by atoms with Gasteiger partial charge in [-0.25, -0.2) is 0 Å². The Labute approximate surface area is 139 Å². The maximum absolute atomic E-state index is 5.48. The average Bonchev–Trinajstić information content (AvgIpc) is 3.08. The summed E-state index contributed by atoms with van der Waals surface area (Å²) in [4.78, 5) is 2.63. The van der Waals surface area contributed by atoms with Crippen LogP contribution in [0.5, 0.6) is 0 Å². The highest BCUT2D eigenvalue weighted by Crippen LogP contribution is 2.35. The van der Waals surface area contributed by atoms with Gasteiger partial charge < -0.3 is 15.4 Å². The zero-order chi connectivity index (χ0) is 15.9. The highest BCUT2D eigenvalue weighted by Gasteiger charge is 2.28. The number of H-pyrrole nitrogens is 1. The summed E-state index contributed by atoms with van der Waals surface area (Å²) < 4.78 is 5.48. The lowest BCUT2D eigenvalue weighted by molar-refractivity contribution is 0.00728. The van der Waals surface area contributed by atoms with Gasteiger partial charge in [0.1, 0.15) is 0 Å². The van der Waals surface area contributed by atoms with E-state index in [4.69, 9.17) is 4.74 Å². The molecule has 3 rings (SSSR count). The summed E-state index contributed by atoms with van der Waals surface area (Å²) >= 11 is 0. The molecular weight excluding hydrogens is 290 g/mol. The van der Waals surface area contributed by atoms with Crippen molar-refractivity contribution >= 4 is 0 Å². The van der Waals surface area contributed by atoms with Crippen LogP contribution in [0.2, 0.25) is 0 Å². The number of morpholine rings is 1. The molecule has 1 aromatic rings. The van der Waals surface area contributed by atoms with E-state index in [-0.39, 0.29) is 0 Å². The Morgan fingerprint density at radius 2 is 2.00 bits per heavy atom. The zero-order valence-corrected chi connectivity index (χ0v) is 14.3. The van der Waals surface area contributed by atoms with Crippen LogP contribution in [-0.2, 0) is 11.3 Å². The number of nitrogens with zero attached hydrogens (tertiary/aromatic N) is 2. The second-order valence-corrected chi connectivity index (χ2v) is 6.74. The number of likely N-dealkylation sites (N-methyl/N-ethyl adjacent to an activating group) is 1. The molecule has 6 nitrogen and oxygen atoms in total. The number of ether oxygens (including phenoxy) is 1. The fraction of sp³-hybridized carbons (Fsp3) is 0.824. The van der Waals surface area contributed by atoms with Crippen LogP contribution >= 0.6 is 0 Å². The molecule has 0 amide bonds. The van der Waals surface area contributed by atoms with Crippen molar-refractivity contribution in [2.75, 3.05) is 46.4 Å². The Morgan fingerprint density at radius 3 is 2.74 bits per heavy atom. The van der Waals surface area contributed by atoms with Gasteiger partial charge in [0.25, 0.3) is 0 Å². The monoisotopic (exact) mass is 321 g/mol. The molecule has 1 aliphatic carbocycles. The van der Waals surface area contributed by atoms with E-state index in [1.165, 1.54) is 36.9 Å². The summed E-state index contributed by atoms with van der Waals surface area (Å²) in [6, 6.07) is 0.763. The quantitative estimate of drug-likeness (QED) is 0.656. The van der Waals surface area contributed by atoms with E-state index in [0.29, 0.717) is 5.92 Å². The summed E-state index contributed by atoms with van der Waals surface area (Å²) in [6.07, 6.45) is 7.23. The second-order valence-electron chi connectivity index (χ2n) is 6.74. The van der Waals surface area contributed by atoms with Crippen molar-refractivity contribution in [2.45, 2.75) is 44.2 Å². The van der Waals surface area contributed by atoms with Crippen molar-refractivity contribution in [1.82, 2.24) is 25.7 Å². The highest BCUT2D eigenvalue weighted by atomic mass is 16.5. The molecule has 0 spiro atoms. The first-order valence-electron chi connectivity index (χ1n) is 9.07. The number of hydrogen-bond donors (Lipinski definition) is 3. The largest absolute Gasteiger partial charge is 0.379 e. The molecule has 1 saturated heterocycles. The highest BCUT2D eigenvalue weighted by molar-refractivity contribution is 5.22. The van der Waals surface area contributed by atoms with Gasteiger partial charge in [-0.3, -0.25) is 10.00 Å². The maximum Gasteiger partial charge on any atom is 0.0594 e. The van der Waals surface area contributed by atoms with E-state index in [2.05, 4.69) is 31.9 Å². The summed E-state index contributed by atoms with van der Waals surface area (Å²) in [5, 5.41) is 14.1. The van der Waals surface area contributed by atoms with E-state index >= 15 is 0 Å². The van der Waals surface area contributed by atoms with Crippen LogP contribution in [0.15, 0.2) is 6.20 Å².